The number of unbranched alkanes of at least 4 members (excludes halogenated alkanes) is 2. The molecule has 2 unspecified atom stereocenters. The third-order valence-corrected chi connectivity index (χ3v) is 7.18. The second kappa shape index (κ2) is 12.0. The fraction of sp³-hybridized carbons (Fsp3) is 0.387. The maximum atomic E-state index is 13.5. The molecule has 4 rings (SSSR count). The van der Waals surface area contributed by atoms with Crippen LogP contribution >= 0.6 is 0 Å². The van der Waals surface area contributed by atoms with Crippen molar-refractivity contribution < 1.29 is 14.3 Å². The first kappa shape index (κ1) is 25.0. The zero-order valence-electron chi connectivity index (χ0n) is 21.0. The molecule has 1 saturated heterocycles. The molecule has 3 aromatic carbocycles. The quantitative estimate of drug-likeness (QED) is 0.209. The zero-order chi connectivity index (χ0) is 24.5. The van der Waals surface area contributed by atoms with E-state index >= 15 is 0 Å². The summed E-state index contributed by atoms with van der Waals surface area (Å²) in [5.41, 5.74) is 3.20. The summed E-state index contributed by atoms with van der Waals surface area (Å²) in [7, 11) is 1.67. The van der Waals surface area contributed by atoms with Crippen LogP contribution in [0.2, 0.25) is 0 Å². The molecule has 0 aromatic heterocycles. The number of nitrogens with zero attached hydrogens (tertiary/aromatic N) is 1. The molecule has 0 saturated carbocycles. The number of β-lactam (4-membered cyclic amide) rings is 1. The summed E-state index contributed by atoms with van der Waals surface area (Å²) < 4.78 is 11.7. The highest BCUT2D eigenvalue weighted by Gasteiger charge is 2.59. The summed E-state index contributed by atoms with van der Waals surface area (Å²) >= 11 is 0. The number of carbonyl (C=O) groups is 1. The van der Waals surface area contributed by atoms with Gasteiger partial charge in [-0.3, -0.25) is 4.79 Å². The highest BCUT2D eigenvalue weighted by Crippen LogP contribution is 2.44. The standard InChI is InChI=1S/C31H37NO3/c1-3-4-11-21-31(22-20-25-12-7-5-8-13-25)29(35-24-27-14-9-6-10-15-27)30(33)32(31)23-26-16-18-28(34-2)19-17-26/h5-10,12-19,29H,3-4,11,20-24H2,1-2H3. The van der Waals surface area contributed by atoms with Crippen molar-refractivity contribution in [3.63, 3.8) is 0 Å². The Hall–Kier alpha value is -3.11. The Kier molecular flexibility index (Phi) is 8.59. The number of rotatable bonds is 13. The van der Waals surface area contributed by atoms with Crippen molar-refractivity contribution in [3.8, 4) is 5.75 Å². The van der Waals surface area contributed by atoms with Crippen molar-refractivity contribution in [1.29, 1.82) is 0 Å². The van der Waals surface area contributed by atoms with Gasteiger partial charge in [-0.2, -0.15) is 0 Å². The normalized spacial score (nSPS) is 19.4. The van der Waals surface area contributed by atoms with E-state index < -0.39 is 6.10 Å². The van der Waals surface area contributed by atoms with Gasteiger partial charge in [-0.15, -0.1) is 0 Å². The van der Waals surface area contributed by atoms with Crippen LogP contribution in [-0.2, 0) is 29.1 Å². The van der Waals surface area contributed by atoms with E-state index in [1.807, 2.05) is 30.3 Å². The van der Waals surface area contributed by atoms with Crippen LogP contribution < -0.4 is 4.74 Å². The van der Waals surface area contributed by atoms with Gasteiger partial charge in [0.15, 0.2) is 6.10 Å². The van der Waals surface area contributed by atoms with Gasteiger partial charge in [-0.1, -0.05) is 99.0 Å². The van der Waals surface area contributed by atoms with Crippen LogP contribution in [0.3, 0.4) is 0 Å². The molecule has 0 aliphatic carbocycles. The molecule has 1 fully saturated rings. The van der Waals surface area contributed by atoms with Gasteiger partial charge in [-0.25, -0.2) is 0 Å². The number of ether oxygens (including phenoxy) is 2. The molecule has 0 bridgehead atoms. The summed E-state index contributed by atoms with van der Waals surface area (Å²) in [5.74, 6) is 0.923. The second-order valence-electron chi connectivity index (χ2n) is 9.50. The molecule has 4 nitrogen and oxygen atoms in total. The molecule has 1 aliphatic rings. The lowest BCUT2D eigenvalue weighted by atomic mass is 9.72. The van der Waals surface area contributed by atoms with Crippen LogP contribution in [0.4, 0.5) is 0 Å². The second-order valence-corrected chi connectivity index (χ2v) is 9.50. The van der Waals surface area contributed by atoms with E-state index in [9.17, 15) is 4.79 Å². The smallest absolute Gasteiger partial charge is 0.255 e. The van der Waals surface area contributed by atoms with Crippen molar-refractivity contribution in [1.82, 2.24) is 4.90 Å². The van der Waals surface area contributed by atoms with E-state index in [2.05, 4.69) is 66.4 Å². The molecule has 35 heavy (non-hydrogen) atoms. The van der Waals surface area contributed by atoms with Gasteiger partial charge in [0.05, 0.1) is 19.3 Å². The highest BCUT2D eigenvalue weighted by atomic mass is 16.5. The first-order chi connectivity index (χ1) is 17.2. The average Bonchev–Trinajstić information content (AvgIpc) is 2.91. The topological polar surface area (TPSA) is 38.8 Å². The van der Waals surface area contributed by atoms with Gasteiger partial charge >= 0.3 is 0 Å². The lowest BCUT2D eigenvalue weighted by molar-refractivity contribution is -0.202. The number of aryl methyl sites for hydroxylation is 1. The van der Waals surface area contributed by atoms with E-state index in [-0.39, 0.29) is 11.4 Å². The van der Waals surface area contributed by atoms with E-state index in [0.717, 1.165) is 55.4 Å². The van der Waals surface area contributed by atoms with Crippen molar-refractivity contribution in [2.75, 3.05) is 7.11 Å². The summed E-state index contributed by atoms with van der Waals surface area (Å²) in [6.07, 6.45) is 5.74. The Morgan fingerprint density at radius 3 is 2.09 bits per heavy atom. The van der Waals surface area contributed by atoms with Gasteiger partial charge in [-0.05, 0) is 48.1 Å². The number of hydrogen-bond acceptors (Lipinski definition) is 3. The molecule has 1 aliphatic heterocycles. The fourth-order valence-electron chi connectivity index (χ4n) is 5.14. The Labute approximate surface area is 209 Å². The van der Waals surface area contributed by atoms with Crippen LogP contribution in [0.1, 0.15) is 55.7 Å². The SMILES string of the molecule is CCCCCC1(CCc2ccccc2)C(OCc2ccccc2)C(=O)N1Cc1ccc(OC)cc1. The Balaban J connectivity index is 1.59. The van der Waals surface area contributed by atoms with Gasteiger partial charge < -0.3 is 14.4 Å². The average molecular weight is 472 g/mol. The predicted octanol–water partition coefficient (Wildman–Crippen LogP) is 6.57. The Morgan fingerprint density at radius 1 is 0.800 bits per heavy atom. The molecular weight excluding hydrogens is 434 g/mol. The molecule has 1 amide bonds. The molecule has 1 heterocycles. The molecule has 184 valence electrons. The highest BCUT2D eigenvalue weighted by molar-refractivity contribution is 5.90. The minimum Gasteiger partial charge on any atom is -0.497 e. The lowest BCUT2D eigenvalue weighted by Crippen LogP contribution is -2.74. The van der Waals surface area contributed by atoms with Gasteiger partial charge in [0, 0.05) is 6.54 Å². The number of benzene rings is 3. The minimum atomic E-state index is -0.415. The molecule has 0 N–H and O–H groups in total. The summed E-state index contributed by atoms with van der Waals surface area (Å²) in [6.45, 7) is 3.27. The predicted molar refractivity (Wildman–Crippen MR) is 140 cm³/mol. The molecule has 0 radical (unpaired) electrons. The number of hydrogen-bond donors (Lipinski definition) is 0. The first-order valence-corrected chi connectivity index (χ1v) is 12.8. The van der Waals surface area contributed by atoms with Crippen molar-refractivity contribution in [3.05, 3.63) is 102 Å². The molecule has 0 spiro atoms. The van der Waals surface area contributed by atoms with E-state index in [1.165, 1.54) is 5.56 Å². The van der Waals surface area contributed by atoms with Crippen LogP contribution in [0.25, 0.3) is 0 Å². The Bertz CT molecular complexity index is 1050. The maximum absolute atomic E-state index is 13.5. The minimum absolute atomic E-state index is 0.0984. The summed E-state index contributed by atoms with van der Waals surface area (Å²) in [5, 5.41) is 0. The largest absolute Gasteiger partial charge is 0.497 e. The van der Waals surface area contributed by atoms with Gasteiger partial charge in [0.1, 0.15) is 5.75 Å². The number of likely N-dealkylation sites (tertiary alicyclic amines) is 1. The monoisotopic (exact) mass is 471 g/mol. The lowest BCUT2D eigenvalue weighted by Gasteiger charge is -2.58. The first-order valence-electron chi connectivity index (χ1n) is 12.8. The molecular formula is C31H37NO3. The maximum Gasteiger partial charge on any atom is 0.255 e. The Morgan fingerprint density at radius 2 is 1.46 bits per heavy atom. The molecule has 3 aromatic rings. The van der Waals surface area contributed by atoms with E-state index in [0.29, 0.717) is 13.2 Å². The van der Waals surface area contributed by atoms with Crippen molar-refractivity contribution >= 4 is 5.91 Å². The van der Waals surface area contributed by atoms with E-state index in [1.54, 1.807) is 7.11 Å². The number of carbonyl (C=O) groups excluding carboxylic acids is 1. The van der Waals surface area contributed by atoms with Crippen LogP contribution in [-0.4, -0.2) is 29.6 Å². The molecule has 2 atom stereocenters. The van der Waals surface area contributed by atoms with Crippen LogP contribution in [0.5, 0.6) is 5.75 Å². The van der Waals surface area contributed by atoms with Crippen LogP contribution in [0, 0.1) is 0 Å². The third kappa shape index (κ3) is 5.94. The van der Waals surface area contributed by atoms with Crippen molar-refractivity contribution in [2.45, 2.75) is 70.2 Å². The summed E-state index contributed by atoms with van der Waals surface area (Å²) in [6, 6.07) is 28.8. The zero-order valence-corrected chi connectivity index (χ0v) is 21.0. The number of methoxy groups -OCH3 is 1. The van der Waals surface area contributed by atoms with Gasteiger partial charge in [0.25, 0.3) is 5.91 Å². The van der Waals surface area contributed by atoms with Gasteiger partial charge in [0.2, 0.25) is 0 Å². The van der Waals surface area contributed by atoms with E-state index in [4.69, 9.17) is 9.47 Å². The summed E-state index contributed by atoms with van der Waals surface area (Å²) in [4.78, 5) is 15.6. The van der Waals surface area contributed by atoms with Crippen molar-refractivity contribution in [2.24, 2.45) is 0 Å². The van der Waals surface area contributed by atoms with Crippen LogP contribution in [0.15, 0.2) is 84.9 Å². The number of amides is 1. The fourth-order valence-corrected chi connectivity index (χ4v) is 5.14. The third-order valence-electron chi connectivity index (χ3n) is 7.18. The molecule has 4 heteroatoms.